The van der Waals surface area contributed by atoms with Crippen molar-refractivity contribution in [2.45, 2.75) is 18.1 Å². The zero-order chi connectivity index (χ0) is 12.3. The number of aliphatic carboxylic acids is 1. The third kappa shape index (κ3) is 2.80. The first-order chi connectivity index (χ1) is 8.18. The van der Waals surface area contributed by atoms with Crippen LogP contribution in [0.15, 0.2) is 16.7 Å². The molecular formula is C8H9N5O2S2. The molecule has 0 saturated heterocycles. The van der Waals surface area contributed by atoms with Crippen molar-refractivity contribution >= 4 is 29.1 Å². The van der Waals surface area contributed by atoms with E-state index in [1.165, 1.54) is 11.3 Å². The van der Waals surface area contributed by atoms with Gasteiger partial charge in [0.2, 0.25) is 5.16 Å². The van der Waals surface area contributed by atoms with Crippen LogP contribution in [0.3, 0.4) is 0 Å². The molecule has 0 aliphatic rings. The van der Waals surface area contributed by atoms with Gasteiger partial charge in [0.1, 0.15) is 11.0 Å². The lowest BCUT2D eigenvalue weighted by molar-refractivity contribution is -0.133. The second-order valence-electron chi connectivity index (χ2n) is 3.13. The minimum atomic E-state index is -0.897. The number of hydrogen-bond acceptors (Lipinski definition) is 7. The molecule has 2 aromatic rings. The highest BCUT2D eigenvalue weighted by atomic mass is 32.2. The Hall–Kier alpha value is -1.48. The van der Waals surface area contributed by atoms with E-state index in [4.69, 9.17) is 5.11 Å². The van der Waals surface area contributed by atoms with Crippen molar-refractivity contribution in [2.75, 3.05) is 5.75 Å². The molecule has 0 radical (unpaired) electrons. The van der Waals surface area contributed by atoms with E-state index in [2.05, 4.69) is 20.5 Å². The molecule has 0 fully saturated rings. The number of thioether (sulfide) groups is 1. The van der Waals surface area contributed by atoms with Crippen molar-refractivity contribution < 1.29 is 9.90 Å². The van der Waals surface area contributed by atoms with Gasteiger partial charge in [-0.2, -0.15) is 0 Å². The summed E-state index contributed by atoms with van der Waals surface area (Å²) in [5.41, 5.74) is 0. The molecule has 2 rings (SSSR count). The first-order valence-electron chi connectivity index (χ1n) is 4.70. The van der Waals surface area contributed by atoms with Crippen LogP contribution < -0.4 is 0 Å². The third-order valence-electron chi connectivity index (χ3n) is 1.96. The third-order valence-corrected chi connectivity index (χ3v) is 3.83. The quantitative estimate of drug-likeness (QED) is 0.808. The second kappa shape index (κ2) is 5.23. The van der Waals surface area contributed by atoms with Crippen LogP contribution in [0.5, 0.6) is 0 Å². The van der Waals surface area contributed by atoms with E-state index in [1.807, 2.05) is 12.3 Å². The summed E-state index contributed by atoms with van der Waals surface area (Å²) in [6.07, 6.45) is 1.71. The summed E-state index contributed by atoms with van der Waals surface area (Å²) in [6.45, 7) is 1.92. The van der Waals surface area contributed by atoms with Gasteiger partial charge in [0.05, 0.1) is 5.75 Å². The minimum Gasteiger partial charge on any atom is -0.481 e. The molecule has 2 aromatic heterocycles. The van der Waals surface area contributed by atoms with Gasteiger partial charge in [0.25, 0.3) is 0 Å². The van der Waals surface area contributed by atoms with Crippen LogP contribution in [0.4, 0.5) is 0 Å². The number of carbonyl (C=O) groups is 1. The summed E-state index contributed by atoms with van der Waals surface area (Å²) in [5.74, 6) is -0.961. The number of carboxylic acids is 1. The monoisotopic (exact) mass is 271 g/mol. The van der Waals surface area contributed by atoms with Crippen molar-refractivity contribution in [2.24, 2.45) is 0 Å². The van der Waals surface area contributed by atoms with Crippen molar-refractivity contribution in [3.63, 3.8) is 0 Å². The number of aromatic nitrogens is 5. The largest absolute Gasteiger partial charge is 0.481 e. The molecule has 0 aliphatic carbocycles. The van der Waals surface area contributed by atoms with Crippen molar-refractivity contribution in [1.82, 2.24) is 25.2 Å². The molecule has 0 amide bonds. The Morgan fingerprint density at radius 1 is 1.71 bits per heavy atom. The molecule has 0 saturated carbocycles. The smallest absolute Gasteiger partial charge is 0.313 e. The lowest BCUT2D eigenvalue weighted by Crippen LogP contribution is -2.10. The van der Waals surface area contributed by atoms with Crippen molar-refractivity contribution in [1.29, 1.82) is 0 Å². The molecule has 90 valence electrons. The maximum absolute atomic E-state index is 10.5. The predicted octanol–water partition coefficient (Wildman–Crippen LogP) is 0.916. The van der Waals surface area contributed by atoms with Gasteiger partial charge in [-0.1, -0.05) is 11.8 Å². The minimum absolute atomic E-state index is 0.0645. The second-order valence-corrected chi connectivity index (χ2v) is 5.00. The average molecular weight is 271 g/mol. The van der Waals surface area contributed by atoms with Crippen LogP contribution in [0.25, 0.3) is 0 Å². The maximum atomic E-state index is 10.5. The molecule has 9 heteroatoms. The number of rotatable bonds is 5. The van der Waals surface area contributed by atoms with E-state index in [9.17, 15) is 4.79 Å². The molecule has 0 aliphatic heterocycles. The molecule has 1 unspecified atom stereocenters. The predicted molar refractivity (Wildman–Crippen MR) is 62.1 cm³/mol. The van der Waals surface area contributed by atoms with Gasteiger partial charge in [-0.05, 0) is 17.4 Å². The number of carboxylic acid groups (broad SMARTS) is 1. The summed E-state index contributed by atoms with van der Waals surface area (Å²) in [4.78, 5) is 14.7. The molecule has 7 nitrogen and oxygen atoms in total. The fourth-order valence-electron chi connectivity index (χ4n) is 1.20. The fraction of sp³-hybridized carbons (Fsp3) is 0.375. The number of thiazole rings is 1. The van der Waals surface area contributed by atoms with Gasteiger partial charge in [0, 0.05) is 11.6 Å². The van der Waals surface area contributed by atoms with E-state index >= 15 is 0 Å². The van der Waals surface area contributed by atoms with E-state index in [1.54, 1.807) is 10.9 Å². The zero-order valence-electron chi connectivity index (χ0n) is 8.85. The molecular weight excluding hydrogens is 262 g/mol. The Morgan fingerprint density at radius 3 is 3.18 bits per heavy atom. The van der Waals surface area contributed by atoms with Crippen LogP contribution in [0, 0.1) is 0 Å². The highest BCUT2D eigenvalue weighted by molar-refractivity contribution is 7.99. The van der Waals surface area contributed by atoms with Crippen LogP contribution in [-0.4, -0.2) is 42.0 Å². The Kier molecular flexibility index (Phi) is 3.69. The molecule has 17 heavy (non-hydrogen) atoms. The Labute approximate surface area is 105 Å². The van der Waals surface area contributed by atoms with Gasteiger partial charge < -0.3 is 5.11 Å². The summed E-state index contributed by atoms with van der Waals surface area (Å²) in [7, 11) is 0. The van der Waals surface area contributed by atoms with E-state index in [-0.39, 0.29) is 11.8 Å². The zero-order valence-corrected chi connectivity index (χ0v) is 10.5. The highest BCUT2D eigenvalue weighted by Gasteiger charge is 2.17. The lowest BCUT2D eigenvalue weighted by Gasteiger charge is -2.09. The fourth-order valence-corrected chi connectivity index (χ4v) is 2.55. The number of nitrogens with zero attached hydrogens (tertiary/aromatic N) is 5. The molecule has 1 atom stereocenters. The van der Waals surface area contributed by atoms with Crippen LogP contribution in [-0.2, 0) is 4.79 Å². The summed E-state index contributed by atoms with van der Waals surface area (Å²) < 4.78 is 1.58. The van der Waals surface area contributed by atoms with Crippen LogP contribution >= 0.6 is 23.1 Å². The van der Waals surface area contributed by atoms with E-state index < -0.39 is 5.97 Å². The SMILES string of the molecule is CC(c1nccs1)n1nnnc1SCC(=O)O. The van der Waals surface area contributed by atoms with Crippen LogP contribution in [0.2, 0.25) is 0 Å². The Bertz CT molecular complexity index is 498. The highest BCUT2D eigenvalue weighted by Crippen LogP contribution is 2.23. The molecule has 0 bridgehead atoms. The van der Waals surface area contributed by atoms with E-state index in [0.29, 0.717) is 5.16 Å². The van der Waals surface area contributed by atoms with Crippen molar-refractivity contribution in [3.8, 4) is 0 Å². The summed E-state index contributed by atoms with van der Waals surface area (Å²) >= 11 is 2.60. The Balaban J connectivity index is 2.16. The number of tetrazole rings is 1. The molecule has 1 N–H and O–H groups in total. The molecule has 0 spiro atoms. The van der Waals surface area contributed by atoms with Gasteiger partial charge in [0.15, 0.2) is 0 Å². The normalized spacial score (nSPS) is 12.5. The van der Waals surface area contributed by atoms with E-state index in [0.717, 1.165) is 16.8 Å². The topological polar surface area (TPSA) is 93.8 Å². The first-order valence-corrected chi connectivity index (χ1v) is 6.57. The lowest BCUT2D eigenvalue weighted by atomic mass is 10.4. The number of hydrogen-bond donors (Lipinski definition) is 1. The first kappa shape index (κ1) is 12.0. The molecule has 2 heterocycles. The maximum Gasteiger partial charge on any atom is 0.313 e. The van der Waals surface area contributed by atoms with Crippen LogP contribution in [0.1, 0.15) is 18.0 Å². The van der Waals surface area contributed by atoms with Gasteiger partial charge in [-0.15, -0.1) is 16.4 Å². The Morgan fingerprint density at radius 2 is 2.53 bits per heavy atom. The summed E-state index contributed by atoms with van der Waals surface area (Å²) in [5, 5.41) is 23.1. The molecule has 0 aromatic carbocycles. The van der Waals surface area contributed by atoms with Gasteiger partial charge in [-0.25, -0.2) is 9.67 Å². The van der Waals surface area contributed by atoms with Gasteiger partial charge in [-0.3, -0.25) is 4.79 Å². The van der Waals surface area contributed by atoms with Gasteiger partial charge >= 0.3 is 5.97 Å². The van der Waals surface area contributed by atoms with Crippen molar-refractivity contribution in [3.05, 3.63) is 16.6 Å². The standard InChI is InChI=1S/C8H9N5O2S2/c1-5(7-9-2-3-16-7)13-8(10-11-12-13)17-4-6(14)15/h2-3,5H,4H2,1H3,(H,14,15). The summed E-state index contributed by atoms with van der Waals surface area (Å²) in [6, 6.07) is -0.0960. The average Bonchev–Trinajstić information content (AvgIpc) is 2.96.